The van der Waals surface area contributed by atoms with Crippen LogP contribution in [0.3, 0.4) is 0 Å². The van der Waals surface area contributed by atoms with Gasteiger partial charge in [0.05, 0.1) is 11.6 Å². The quantitative estimate of drug-likeness (QED) is 0.915. The van der Waals surface area contributed by atoms with E-state index in [9.17, 15) is 9.59 Å². The van der Waals surface area contributed by atoms with Crippen molar-refractivity contribution in [3.63, 3.8) is 0 Å². The third kappa shape index (κ3) is 2.57. The highest BCUT2D eigenvalue weighted by Crippen LogP contribution is 2.31. The lowest BCUT2D eigenvalue weighted by Crippen LogP contribution is -2.67. The molecule has 0 bridgehead atoms. The van der Waals surface area contributed by atoms with Crippen molar-refractivity contribution in [2.45, 2.75) is 44.1 Å². The Morgan fingerprint density at radius 3 is 2.80 bits per heavy atom. The second-order valence-electron chi connectivity index (χ2n) is 5.59. The predicted molar refractivity (Wildman–Crippen MR) is 76.4 cm³/mol. The van der Waals surface area contributed by atoms with Crippen molar-refractivity contribution in [1.29, 1.82) is 0 Å². The molecule has 1 aliphatic heterocycles. The molecule has 1 aromatic rings. The SMILES string of the molecule is O=C1CN(CCc2nccs2)C(=O)C2(CCCCC2)N1. The molecule has 0 radical (unpaired) electrons. The van der Waals surface area contributed by atoms with Crippen molar-refractivity contribution >= 4 is 23.2 Å². The first-order chi connectivity index (χ1) is 9.70. The van der Waals surface area contributed by atoms with Crippen LogP contribution in [-0.4, -0.2) is 40.3 Å². The van der Waals surface area contributed by atoms with Gasteiger partial charge in [0.1, 0.15) is 5.54 Å². The molecule has 1 aromatic heterocycles. The normalized spacial score (nSPS) is 22.1. The number of rotatable bonds is 3. The molecule has 2 heterocycles. The van der Waals surface area contributed by atoms with Crippen molar-refractivity contribution in [2.24, 2.45) is 0 Å². The van der Waals surface area contributed by atoms with Crippen LogP contribution in [0.4, 0.5) is 0 Å². The highest BCUT2D eigenvalue weighted by Gasteiger charge is 2.46. The Balaban J connectivity index is 1.70. The van der Waals surface area contributed by atoms with Gasteiger partial charge >= 0.3 is 0 Å². The fourth-order valence-corrected chi connectivity index (χ4v) is 3.80. The maximum Gasteiger partial charge on any atom is 0.248 e. The van der Waals surface area contributed by atoms with E-state index in [0.29, 0.717) is 6.54 Å². The molecule has 1 saturated carbocycles. The summed E-state index contributed by atoms with van der Waals surface area (Å²) in [5.41, 5.74) is -0.615. The largest absolute Gasteiger partial charge is 0.340 e. The zero-order chi connectivity index (χ0) is 14.0. The lowest BCUT2D eigenvalue weighted by molar-refractivity contribution is -0.151. The van der Waals surface area contributed by atoms with E-state index in [1.165, 1.54) is 0 Å². The Morgan fingerprint density at radius 2 is 2.10 bits per heavy atom. The first kappa shape index (κ1) is 13.5. The van der Waals surface area contributed by atoms with Crippen LogP contribution in [0.5, 0.6) is 0 Å². The van der Waals surface area contributed by atoms with Crippen LogP contribution in [0, 0.1) is 0 Å². The molecular weight excluding hydrogens is 274 g/mol. The monoisotopic (exact) mass is 293 g/mol. The topological polar surface area (TPSA) is 62.3 Å². The Morgan fingerprint density at radius 1 is 1.30 bits per heavy atom. The standard InChI is InChI=1S/C14H19N3O2S/c18-11-10-17(8-4-12-15-7-9-20-12)13(19)14(16-11)5-2-1-3-6-14/h7,9H,1-6,8,10H2,(H,16,18). The minimum absolute atomic E-state index is 0.0226. The molecule has 1 saturated heterocycles. The van der Waals surface area contributed by atoms with E-state index in [2.05, 4.69) is 10.3 Å². The van der Waals surface area contributed by atoms with Gasteiger partial charge in [-0.25, -0.2) is 4.98 Å². The van der Waals surface area contributed by atoms with E-state index in [4.69, 9.17) is 0 Å². The summed E-state index contributed by atoms with van der Waals surface area (Å²) in [5.74, 6) is 0.0824. The average molecular weight is 293 g/mol. The molecule has 2 amide bonds. The van der Waals surface area contributed by atoms with Crippen LogP contribution < -0.4 is 5.32 Å². The number of carbonyl (C=O) groups is 2. The highest BCUT2D eigenvalue weighted by atomic mass is 32.1. The molecule has 3 rings (SSSR count). The number of hydrogen-bond acceptors (Lipinski definition) is 4. The van der Waals surface area contributed by atoms with Gasteiger partial charge in [-0.2, -0.15) is 0 Å². The van der Waals surface area contributed by atoms with Crippen molar-refractivity contribution in [3.8, 4) is 0 Å². The van der Waals surface area contributed by atoms with Crippen LogP contribution in [0.25, 0.3) is 0 Å². The molecule has 1 spiro atoms. The number of nitrogens with zero attached hydrogens (tertiary/aromatic N) is 2. The fraction of sp³-hybridized carbons (Fsp3) is 0.643. The molecule has 2 fully saturated rings. The zero-order valence-electron chi connectivity index (χ0n) is 11.4. The van der Waals surface area contributed by atoms with Gasteiger partial charge in [-0.3, -0.25) is 9.59 Å². The second kappa shape index (κ2) is 5.52. The highest BCUT2D eigenvalue weighted by molar-refractivity contribution is 7.09. The van der Waals surface area contributed by atoms with Crippen LogP contribution in [0.1, 0.15) is 37.1 Å². The Bertz CT molecular complexity index is 495. The summed E-state index contributed by atoms with van der Waals surface area (Å²) in [5, 5.41) is 5.91. The van der Waals surface area contributed by atoms with E-state index in [0.717, 1.165) is 43.5 Å². The molecule has 0 atom stereocenters. The molecule has 1 aliphatic carbocycles. The van der Waals surface area contributed by atoms with Crippen LogP contribution in [0.2, 0.25) is 0 Å². The van der Waals surface area contributed by atoms with E-state index in [-0.39, 0.29) is 18.4 Å². The molecule has 2 aliphatic rings. The summed E-state index contributed by atoms with van der Waals surface area (Å²) in [4.78, 5) is 30.6. The maximum absolute atomic E-state index is 12.7. The Kier molecular flexibility index (Phi) is 3.74. The molecule has 1 N–H and O–H groups in total. The van der Waals surface area contributed by atoms with Gasteiger partial charge in [-0.1, -0.05) is 19.3 Å². The molecular formula is C14H19N3O2S. The molecule has 0 aromatic carbocycles. The van der Waals surface area contributed by atoms with Gasteiger partial charge in [0, 0.05) is 24.5 Å². The number of hydrogen-bond donors (Lipinski definition) is 1. The van der Waals surface area contributed by atoms with Crippen molar-refractivity contribution < 1.29 is 9.59 Å². The third-order valence-corrected chi connectivity index (χ3v) is 5.04. The lowest BCUT2D eigenvalue weighted by atomic mass is 9.79. The fourth-order valence-electron chi connectivity index (χ4n) is 3.19. The number of piperazine rings is 1. The van der Waals surface area contributed by atoms with E-state index in [1.54, 1.807) is 22.4 Å². The van der Waals surface area contributed by atoms with E-state index < -0.39 is 5.54 Å². The van der Waals surface area contributed by atoms with Crippen LogP contribution in [-0.2, 0) is 16.0 Å². The van der Waals surface area contributed by atoms with Gasteiger partial charge in [0.2, 0.25) is 11.8 Å². The van der Waals surface area contributed by atoms with Gasteiger partial charge in [0.25, 0.3) is 0 Å². The number of amides is 2. The molecule has 6 heteroatoms. The molecule has 20 heavy (non-hydrogen) atoms. The summed E-state index contributed by atoms with van der Waals surface area (Å²) in [6.45, 7) is 0.771. The Hall–Kier alpha value is -1.43. The summed E-state index contributed by atoms with van der Waals surface area (Å²) >= 11 is 1.59. The summed E-state index contributed by atoms with van der Waals surface area (Å²) in [7, 11) is 0. The maximum atomic E-state index is 12.7. The number of carbonyl (C=O) groups excluding carboxylic acids is 2. The number of aromatic nitrogens is 1. The zero-order valence-corrected chi connectivity index (χ0v) is 12.2. The predicted octanol–water partition coefficient (Wildman–Crippen LogP) is 1.35. The third-order valence-electron chi connectivity index (χ3n) is 4.20. The van der Waals surface area contributed by atoms with E-state index >= 15 is 0 Å². The minimum atomic E-state index is -0.615. The second-order valence-corrected chi connectivity index (χ2v) is 6.57. The summed E-state index contributed by atoms with van der Waals surface area (Å²) in [6.07, 6.45) is 7.26. The Labute approximate surface area is 122 Å². The first-order valence-corrected chi connectivity index (χ1v) is 8.06. The lowest BCUT2D eigenvalue weighted by Gasteiger charge is -2.44. The van der Waals surface area contributed by atoms with Crippen molar-refractivity contribution in [1.82, 2.24) is 15.2 Å². The van der Waals surface area contributed by atoms with Gasteiger partial charge < -0.3 is 10.2 Å². The van der Waals surface area contributed by atoms with Gasteiger partial charge in [0.15, 0.2) is 0 Å². The number of nitrogens with one attached hydrogen (secondary N) is 1. The van der Waals surface area contributed by atoms with E-state index in [1.807, 2.05) is 5.38 Å². The van der Waals surface area contributed by atoms with Crippen LogP contribution in [0.15, 0.2) is 11.6 Å². The summed E-state index contributed by atoms with van der Waals surface area (Å²) in [6, 6.07) is 0. The average Bonchev–Trinajstić information content (AvgIpc) is 2.95. The minimum Gasteiger partial charge on any atom is -0.340 e. The smallest absolute Gasteiger partial charge is 0.248 e. The van der Waals surface area contributed by atoms with Gasteiger partial charge in [-0.05, 0) is 12.8 Å². The molecule has 108 valence electrons. The van der Waals surface area contributed by atoms with Crippen molar-refractivity contribution in [3.05, 3.63) is 16.6 Å². The van der Waals surface area contributed by atoms with Crippen molar-refractivity contribution in [2.75, 3.05) is 13.1 Å². The molecule has 5 nitrogen and oxygen atoms in total. The van der Waals surface area contributed by atoms with Crippen LogP contribution >= 0.6 is 11.3 Å². The van der Waals surface area contributed by atoms with Gasteiger partial charge in [-0.15, -0.1) is 11.3 Å². The molecule has 0 unspecified atom stereocenters. The number of thiazole rings is 1. The first-order valence-electron chi connectivity index (χ1n) is 7.18. The summed E-state index contributed by atoms with van der Waals surface area (Å²) < 4.78 is 0.